The molecule has 0 amide bonds. The summed E-state index contributed by atoms with van der Waals surface area (Å²) in [5, 5.41) is 1.99. The normalized spacial score (nSPS) is 19.3. The molecule has 1 heterocycles. The smallest absolute Gasteiger partial charge is 0.248 e. The molecule has 0 aliphatic carbocycles. The number of thioether (sulfide) groups is 1. The second-order valence-corrected chi connectivity index (χ2v) is 10.6. The standard InChI is InChI=1S/C16H25NO3S3Si/c1-5-14(19-7-3)20-24-15(6-2)22-23-16-17(18-4)12-10-8-9-11-13(12)21-16/h8-11,14-16H,5-7H2,1-4H3. The van der Waals surface area contributed by atoms with Crippen molar-refractivity contribution < 1.29 is 14.0 Å². The number of nitrogens with zero attached hydrogens (tertiary/aromatic N) is 1. The highest BCUT2D eigenvalue weighted by atomic mass is 33.1. The van der Waals surface area contributed by atoms with Crippen molar-refractivity contribution in [1.82, 2.24) is 0 Å². The van der Waals surface area contributed by atoms with E-state index in [9.17, 15) is 0 Å². The summed E-state index contributed by atoms with van der Waals surface area (Å²) in [5.74, 6) is 0. The highest BCUT2D eigenvalue weighted by Crippen LogP contribution is 2.51. The summed E-state index contributed by atoms with van der Waals surface area (Å²) in [5.41, 5.74) is 1.15. The summed E-state index contributed by atoms with van der Waals surface area (Å²) in [6, 6.07) is 8.37. The third kappa shape index (κ3) is 5.59. The van der Waals surface area contributed by atoms with Gasteiger partial charge in [0.15, 0.2) is 4.71 Å². The fourth-order valence-corrected chi connectivity index (χ4v) is 8.14. The zero-order valence-corrected chi connectivity index (χ0v) is 18.0. The molecule has 0 aromatic heterocycles. The van der Waals surface area contributed by atoms with Crippen LogP contribution in [0.5, 0.6) is 0 Å². The molecule has 1 aliphatic heterocycles. The van der Waals surface area contributed by atoms with Crippen molar-refractivity contribution in [2.24, 2.45) is 0 Å². The van der Waals surface area contributed by atoms with E-state index in [2.05, 4.69) is 32.0 Å². The molecule has 24 heavy (non-hydrogen) atoms. The van der Waals surface area contributed by atoms with E-state index < -0.39 is 0 Å². The lowest BCUT2D eigenvalue weighted by molar-refractivity contribution is -0.0762. The van der Waals surface area contributed by atoms with Crippen LogP contribution < -0.4 is 5.06 Å². The van der Waals surface area contributed by atoms with Gasteiger partial charge in [-0.15, -0.1) is 0 Å². The lowest BCUT2D eigenvalue weighted by Crippen LogP contribution is -2.26. The molecule has 0 bridgehead atoms. The van der Waals surface area contributed by atoms with E-state index in [0.717, 1.165) is 18.5 Å². The van der Waals surface area contributed by atoms with Crippen molar-refractivity contribution >= 4 is 48.8 Å². The number of ether oxygens (including phenoxy) is 1. The molecular weight excluding hydrogens is 378 g/mol. The zero-order valence-electron chi connectivity index (χ0n) is 14.6. The van der Waals surface area contributed by atoms with Crippen LogP contribution in [0.1, 0.15) is 33.6 Å². The van der Waals surface area contributed by atoms with Crippen LogP contribution in [-0.4, -0.2) is 39.3 Å². The second kappa shape index (κ2) is 11.0. The van der Waals surface area contributed by atoms with Gasteiger partial charge >= 0.3 is 0 Å². The van der Waals surface area contributed by atoms with E-state index in [1.54, 1.807) is 7.11 Å². The zero-order chi connectivity index (χ0) is 17.4. The number of hydrogen-bond donors (Lipinski definition) is 0. The molecule has 2 radical (unpaired) electrons. The first-order chi connectivity index (χ1) is 11.7. The predicted molar refractivity (Wildman–Crippen MR) is 107 cm³/mol. The van der Waals surface area contributed by atoms with Gasteiger partial charge in [-0.05, 0) is 31.9 Å². The predicted octanol–water partition coefficient (Wildman–Crippen LogP) is 4.97. The minimum absolute atomic E-state index is 0.0754. The van der Waals surface area contributed by atoms with Gasteiger partial charge in [0.2, 0.25) is 9.76 Å². The third-order valence-corrected chi connectivity index (χ3v) is 10.1. The molecule has 3 atom stereocenters. The van der Waals surface area contributed by atoms with Crippen molar-refractivity contribution in [1.29, 1.82) is 0 Å². The number of hydroxylamine groups is 1. The molecule has 3 unspecified atom stereocenters. The van der Waals surface area contributed by atoms with Crippen LogP contribution in [0.4, 0.5) is 5.69 Å². The Labute approximate surface area is 160 Å². The van der Waals surface area contributed by atoms with Crippen molar-refractivity contribution in [3.8, 4) is 0 Å². The molecule has 4 nitrogen and oxygen atoms in total. The Kier molecular flexibility index (Phi) is 9.39. The quantitative estimate of drug-likeness (QED) is 0.293. The molecule has 1 aliphatic rings. The molecule has 0 saturated carbocycles. The highest BCUT2D eigenvalue weighted by Gasteiger charge is 2.32. The molecule has 0 fully saturated rings. The molecular formula is C16H25NO3S3Si. The highest BCUT2D eigenvalue weighted by molar-refractivity contribution is 8.78. The van der Waals surface area contributed by atoms with Gasteiger partial charge in [0, 0.05) is 16.4 Å². The molecule has 134 valence electrons. The van der Waals surface area contributed by atoms with Crippen LogP contribution in [0, 0.1) is 0 Å². The molecule has 1 aromatic carbocycles. The maximum absolute atomic E-state index is 5.93. The van der Waals surface area contributed by atoms with Gasteiger partial charge in [-0.2, -0.15) is 0 Å². The van der Waals surface area contributed by atoms with Crippen LogP contribution in [0.3, 0.4) is 0 Å². The van der Waals surface area contributed by atoms with Crippen LogP contribution in [0.15, 0.2) is 29.2 Å². The van der Waals surface area contributed by atoms with Crippen molar-refractivity contribution in [2.45, 2.75) is 54.4 Å². The Morgan fingerprint density at radius 2 is 2.04 bits per heavy atom. The Balaban J connectivity index is 1.83. The average molecular weight is 404 g/mol. The summed E-state index contributed by atoms with van der Waals surface area (Å²) in [4.78, 5) is 7.33. The summed E-state index contributed by atoms with van der Waals surface area (Å²) in [6.07, 6.45) is 1.89. The fraction of sp³-hybridized carbons (Fsp3) is 0.625. The molecule has 8 heteroatoms. The fourth-order valence-electron chi connectivity index (χ4n) is 2.11. The number of para-hydroxylation sites is 1. The Morgan fingerprint density at radius 3 is 2.71 bits per heavy atom. The SMILES string of the molecule is CCOC(CC)O[Si]C(CC)SSC1Sc2ccccc2N1OC. The third-order valence-electron chi connectivity index (χ3n) is 3.36. The summed E-state index contributed by atoms with van der Waals surface area (Å²) in [7, 11) is 5.91. The van der Waals surface area contributed by atoms with E-state index in [1.165, 1.54) is 4.90 Å². The van der Waals surface area contributed by atoms with Crippen LogP contribution in [-0.2, 0) is 14.0 Å². The van der Waals surface area contributed by atoms with E-state index >= 15 is 0 Å². The molecule has 0 saturated heterocycles. The summed E-state index contributed by atoms with van der Waals surface area (Å²) >= 11 is 1.84. The lowest BCUT2D eigenvalue weighted by atomic mass is 10.3. The first-order valence-corrected chi connectivity index (χ1v) is 12.3. The van der Waals surface area contributed by atoms with E-state index in [0.29, 0.717) is 21.2 Å². The number of rotatable bonds is 11. The van der Waals surface area contributed by atoms with Gasteiger partial charge in [0.1, 0.15) is 6.29 Å². The summed E-state index contributed by atoms with van der Waals surface area (Å²) < 4.78 is 11.7. The van der Waals surface area contributed by atoms with Crippen molar-refractivity contribution in [3.63, 3.8) is 0 Å². The molecule has 1 aromatic rings. The Morgan fingerprint density at radius 1 is 1.25 bits per heavy atom. The van der Waals surface area contributed by atoms with E-state index in [1.807, 2.05) is 51.4 Å². The Hall–Kier alpha value is 0.167. The van der Waals surface area contributed by atoms with Gasteiger partial charge < -0.3 is 9.16 Å². The largest absolute Gasteiger partial charge is 0.392 e. The topological polar surface area (TPSA) is 30.9 Å². The van der Waals surface area contributed by atoms with Crippen molar-refractivity contribution in [3.05, 3.63) is 24.3 Å². The molecule has 2 rings (SSSR count). The Bertz CT molecular complexity index is 497. The van der Waals surface area contributed by atoms with Gasteiger partial charge in [0.05, 0.1) is 12.8 Å². The summed E-state index contributed by atoms with van der Waals surface area (Å²) in [6.45, 7) is 7.00. The lowest BCUT2D eigenvalue weighted by Gasteiger charge is -2.24. The maximum atomic E-state index is 5.93. The average Bonchev–Trinajstić information content (AvgIpc) is 2.98. The minimum atomic E-state index is -0.0754. The van der Waals surface area contributed by atoms with Crippen LogP contribution in [0.25, 0.3) is 0 Å². The van der Waals surface area contributed by atoms with E-state index in [-0.39, 0.29) is 11.0 Å². The van der Waals surface area contributed by atoms with E-state index in [4.69, 9.17) is 14.0 Å². The molecule has 0 N–H and O–H groups in total. The van der Waals surface area contributed by atoms with Crippen molar-refractivity contribution in [2.75, 3.05) is 18.8 Å². The van der Waals surface area contributed by atoms with Gasteiger partial charge in [-0.1, -0.05) is 59.3 Å². The second-order valence-electron chi connectivity index (χ2n) is 5.02. The number of fused-ring (bicyclic) bond motifs is 1. The van der Waals surface area contributed by atoms with Gasteiger partial charge in [0.25, 0.3) is 0 Å². The number of benzene rings is 1. The first kappa shape index (κ1) is 20.5. The van der Waals surface area contributed by atoms with Crippen LogP contribution in [0.2, 0.25) is 0 Å². The first-order valence-electron chi connectivity index (χ1n) is 8.17. The van der Waals surface area contributed by atoms with Gasteiger partial charge in [-0.25, -0.2) is 5.06 Å². The molecule has 0 spiro atoms. The van der Waals surface area contributed by atoms with Crippen LogP contribution >= 0.6 is 33.3 Å². The van der Waals surface area contributed by atoms with Gasteiger partial charge in [-0.3, -0.25) is 4.84 Å². The maximum Gasteiger partial charge on any atom is 0.248 e. The number of anilines is 1. The minimum Gasteiger partial charge on any atom is -0.392 e. The number of hydrogen-bond acceptors (Lipinski definition) is 7. The monoisotopic (exact) mass is 403 g/mol.